The zero-order chi connectivity index (χ0) is 16.0. The summed E-state index contributed by atoms with van der Waals surface area (Å²) in [5.74, 6) is -3.14. The van der Waals surface area contributed by atoms with Crippen molar-refractivity contribution in [3.8, 4) is 5.75 Å². The SMILES string of the molecule is O=C(O)CCC[C@@H](NC(=O)c1ccc(O)c(Cl)c1)C(=O)O. The zero-order valence-electron chi connectivity index (χ0n) is 10.9. The molecule has 0 bridgehead atoms. The summed E-state index contributed by atoms with van der Waals surface area (Å²) in [5, 5.41) is 29.0. The Kier molecular flexibility index (Phi) is 5.98. The van der Waals surface area contributed by atoms with E-state index in [2.05, 4.69) is 5.32 Å². The first-order valence-corrected chi connectivity index (χ1v) is 6.43. The molecule has 0 radical (unpaired) electrons. The molecule has 1 atom stereocenters. The van der Waals surface area contributed by atoms with Gasteiger partial charge in [0.25, 0.3) is 5.91 Å². The summed E-state index contributed by atoms with van der Waals surface area (Å²) >= 11 is 5.66. The van der Waals surface area contributed by atoms with Gasteiger partial charge in [0.1, 0.15) is 11.8 Å². The van der Waals surface area contributed by atoms with E-state index in [9.17, 15) is 19.5 Å². The van der Waals surface area contributed by atoms with Gasteiger partial charge < -0.3 is 20.6 Å². The molecule has 8 heteroatoms. The van der Waals surface area contributed by atoms with E-state index in [0.717, 1.165) is 0 Å². The lowest BCUT2D eigenvalue weighted by Crippen LogP contribution is -2.40. The van der Waals surface area contributed by atoms with E-state index >= 15 is 0 Å². The second-order valence-corrected chi connectivity index (χ2v) is 4.72. The first kappa shape index (κ1) is 16.8. The van der Waals surface area contributed by atoms with Gasteiger partial charge in [0.15, 0.2) is 0 Å². The summed E-state index contributed by atoms with van der Waals surface area (Å²) in [4.78, 5) is 33.3. The third kappa shape index (κ3) is 5.31. The molecule has 0 heterocycles. The number of aromatic hydroxyl groups is 1. The number of hydrogen-bond donors (Lipinski definition) is 4. The fourth-order valence-electron chi connectivity index (χ4n) is 1.60. The number of carboxylic acids is 2. The second kappa shape index (κ2) is 7.49. The number of carboxylic acid groups (broad SMARTS) is 2. The molecule has 0 aliphatic carbocycles. The van der Waals surface area contributed by atoms with Crippen LogP contribution in [-0.4, -0.2) is 39.2 Å². The van der Waals surface area contributed by atoms with Crippen molar-refractivity contribution >= 4 is 29.4 Å². The fourth-order valence-corrected chi connectivity index (χ4v) is 1.79. The van der Waals surface area contributed by atoms with Crippen LogP contribution in [0.5, 0.6) is 5.75 Å². The molecule has 1 rings (SSSR count). The van der Waals surface area contributed by atoms with Crippen LogP contribution >= 0.6 is 11.6 Å². The van der Waals surface area contributed by atoms with Crippen molar-refractivity contribution in [2.24, 2.45) is 0 Å². The predicted octanol–water partition coefficient (Wildman–Crippen LogP) is 1.48. The second-order valence-electron chi connectivity index (χ2n) is 4.32. The summed E-state index contributed by atoms with van der Waals surface area (Å²) in [6.45, 7) is 0. The van der Waals surface area contributed by atoms with Crippen molar-refractivity contribution < 1.29 is 29.7 Å². The molecule has 0 aliphatic rings. The van der Waals surface area contributed by atoms with E-state index in [4.69, 9.17) is 21.8 Å². The molecule has 0 aliphatic heterocycles. The van der Waals surface area contributed by atoms with Gasteiger partial charge in [-0.15, -0.1) is 0 Å². The van der Waals surface area contributed by atoms with Crippen LogP contribution in [0.2, 0.25) is 5.02 Å². The molecule has 0 unspecified atom stereocenters. The van der Waals surface area contributed by atoms with Gasteiger partial charge in [-0.3, -0.25) is 9.59 Å². The molecule has 114 valence electrons. The van der Waals surface area contributed by atoms with E-state index in [1.165, 1.54) is 18.2 Å². The molecule has 0 aromatic heterocycles. The lowest BCUT2D eigenvalue weighted by molar-refractivity contribution is -0.140. The third-order valence-electron chi connectivity index (χ3n) is 2.70. The van der Waals surface area contributed by atoms with Gasteiger partial charge >= 0.3 is 11.9 Å². The number of halogens is 1. The maximum Gasteiger partial charge on any atom is 0.326 e. The Morgan fingerprint density at radius 3 is 2.43 bits per heavy atom. The van der Waals surface area contributed by atoms with Crippen molar-refractivity contribution in [2.75, 3.05) is 0 Å². The number of aliphatic carboxylic acids is 2. The van der Waals surface area contributed by atoms with Gasteiger partial charge in [-0.05, 0) is 31.0 Å². The van der Waals surface area contributed by atoms with E-state index in [-0.39, 0.29) is 35.6 Å². The van der Waals surface area contributed by atoms with Crippen LogP contribution in [0, 0.1) is 0 Å². The van der Waals surface area contributed by atoms with Crippen LogP contribution in [0.4, 0.5) is 0 Å². The van der Waals surface area contributed by atoms with Crippen LogP contribution in [0.15, 0.2) is 18.2 Å². The zero-order valence-corrected chi connectivity index (χ0v) is 11.6. The first-order chi connectivity index (χ1) is 9.81. The van der Waals surface area contributed by atoms with E-state index in [1.54, 1.807) is 0 Å². The molecule has 4 N–H and O–H groups in total. The Morgan fingerprint density at radius 2 is 1.90 bits per heavy atom. The normalized spacial score (nSPS) is 11.7. The summed E-state index contributed by atoms with van der Waals surface area (Å²) < 4.78 is 0. The van der Waals surface area contributed by atoms with Gasteiger partial charge in [0, 0.05) is 12.0 Å². The molecule has 21 heavy (non-hydrogen) atoms. The van der Waals surface area contributed by atoms with Gasteiger partial charge in [-0.2, -0.15) is 0 Å². The minimum Gasteiger partial charge on any atom is -0.506 e. The molecule has 1 aromatic carbocycles. The number of carbonyl (C=O) groups excluding carboxylic acids is 1. The Bertz CT molecular complexity index is 560. The van der Waals surface area contributed by atoms with Crippen LogP contribution in [0.3, 0.4) is 0 Å². The van der Waals surface area contributed by atoms with E-state index < -0.39 is 23.9 Å². The number of rotatable bonds is 7. The average molecular weight is 316 g/mol. The highest BCUT2D eigenvalue weighted by molar-refractivity contribution is 6.32. The Balaban J connectivity index is 2.69. The minimum atomic E-state index is -1.25. The number of nitrogens with one attached hydrogen (secondary N) is 1. The Morgan fingerprint density at radius 1 is 1.24 bits per heavy atom. The van der Waals surface area contributed by atoms with Gasteiger partial charge in [-0.25, -0.2) is 4.79 Å². The maximum atomic E-state index is 11.9. The number of hydrogen-bond acceptors (Lipinski definition) is 4. The molecule has 1 aromatic rings. The Labute approximate surface area is 125 Å². The van der Waals surface area contributed by atoms with Gasteiger partial charge in [0.05, 0.1) is 5.02 Å². The van der Waals surface area contributed by atoms with Gasteiger partial charge in [-0.1, -0.05) is 11.6 Å². The van der Waals surface area contributed by atoms with E-state index in [0.29, 0.717) is 0 Å². The quantitative estimate of drug-likeness (QED) is 0.604. The summed E-state index contributed by atoms with van der Waals surface area (Å²) in [6.07, 6.45) is -0.0488. The Hall–Kier alpha value is -2.28. The average Bonchev–Trinajstić information content (AvgIpc) is 2.40. The fraction of sp³-hybridized carbons (Fsp3) is 0.308. The molecule has 0 spiro atoms. The number of phenolic OH excluding ortho intramolecular Hbond substituents is 1. The lowest BCUT2D eigenvalue weighted by atomic mass is 10.1. The molecule has 1 amide bonds. The smallest absolute Gasteiger partial charge is 0.326 e. The van der Waals surface area contributed by atoms with Crippen molar-refractivity contribution in [3.05, 3.63) is 28.8 Å². The standard InChI is InChI=1S/C13H14ClNO6/c14-8-6-7(4-5-10(8)16)12(19)15-9(13(20)21)2-1-3-11(17)18/h4-6,9,16H,1-3H2,(H,15,19)(H,17,18)(H,20,21)/t9-/m1/s1. The molecule has 0 fully saturated rings. The van der Waals surface area contributed by atoms with Crippen molar-refractivity contribution in [2.45, 2.75) is 25.3 Å². The van der Waals surface area contributed by atoms with E-state index in [1.807, 2.05) is 0 Å². The summed E-state index contributed by atoms with van der Waals surface area (Å²) in [7, 11) is 0. The molecular formula is C13H14ClNO6. The van der Waals surface area contributed by atoms with Crippen molar-refractivity contribution in [3.63, 3.8) is 0 Å². The number of benzene rings is 1. The molecule has 0 saturated heterocycles. The highest BCUT2D eigenvalue weighted by Gasteiger charge is 2.21. The summed E-state index contributed by atoms with van der Waals surface area (Å²) in [6, 6.07) is 2.54. The third-order valence-corrected chi connectivity index (χ3v) is 3.00. The summed E-state index contributed by atoms with van der Waals surface area (Å²) in [5.41, 5.74) is 0.0993. The number of carbonyl (C=O) groups is 3. The molecular weight excluding hydrogens is 302 g/mol. The van der Waals surface area contributed by atoms with Crippen molar-refractivity contribution in [1.82, 2.24) is 5.32 Å². The highest BCUT2D eigenvalue weighted by Crippen LogP contribution is 2.23. The molecule has 0 saturated carbocycles. The monoisotopic (exact) mass is 315 g/mol. The van der Waals surface area contributed by atoms with Crippen LogP contribution in [0.25, 0.3) is 0 Å². The first-order valence-electron chi connectivity index (χ1n) is 6.05. The highest BCUT2D eigenvalue weighted by atomic mass is 35.5. The number of amides is 1. The topological polar surface area (TPSA) is 124 Å². The predicted molar refractivity (Wildman–Crippen MR) is 73.5 cm³/mol. The maximum absolute atomic E-state index is 11.9. The minimum absolute atomic E-state index is 0.000805. The van der Waals surface area contributed by atoms with Crippen LogP contribution < -0.4 is 5.32 Å². The van der Waals surface area contributed by atoms with Crippen LogP contribution in [-0.2, 0) is 9.59 Å². The van der Waals surface area contributed by atoms with Crippen molar-refractivity contribution in [1.29, 1.82) is 0 Å². The lowest BCUT2D eigenvalue weighted by Gasteiger charge is -2.14. The van der Waals surface area contributed by atoms with Crippen LogP contribution in [0.1, 0.15) is 29.6 Å². The molecule has 7 nitrogen and oxygen atoms in total. The largest absolute Gasteiger partial charge is 0.506 e. The van der Waals surface area contributed by atoms with Gasteiger partial charge in [0.2, 0.25) is 0 Å². The number of phenols is 1.